The summed E-state index contributed by atoms with van der Waals surface area (Å²) >= 11 is 0. The van der Waals surface area contributed by atoms with Gasteiger partial charge in [0.05, 0.1) is 12.4 Å². The van der Waals surface area contributed by atoms with Crippen LogP contribution in [0.3, 0.4) is 0 Å². The number of nitrogen functional groups attached to an aromatic ring is 1. The summed E-state index contributed by atoms with van der Waals surface area (Å²) in [5.74, 6) is -0.119. The molecule has 2 aromatic rings. The van der Waals surface area contributed by atoms with E-state index in [2.05, 4.69) is 9.97 Å². The van der Waals surface area contributed by atoms with Gasteiger partial charge in [0.1, 0.15) is 5.84 Å². The molecule has 0 aliphatic heterocycles. The van der Waals surface area contributed by atoms with E-state index in [4.69, 9.17) is 11.1 Å². The van der Waals surface area contributed by atoms with Crippen molar-refractivity contribution in [3.63, 3.8) is 0 Å². The van der Waals surface area contributed by atoms with Crippen molar-refractivity contribution in [3.05, 3.63) is 48.0 Å². The maximum Gasteiger partial charge on any atom is 0.229 e. The number of nitrogens with one attached hydrogen (secondary N) is 1. The standard InChI is InChI=1S/C12H12FN5/c1-18(12-16-6-9(13)7-17-12)10-4-2-3-8(5-10)11(14)15/h2-7H,1H3,(H3,14,15). The number of benzene rings is 1. The molecule has 0 unspecified atom stereocenters. The maximum atomic E-state index is 12.7. The lowest BCUT2D eigenvalue weighted by molar-refractivity contribution is 0.613. The van der Waals surface area contributed by atoms with Crippen LogP contribution in [-0.4, -0.2) is 22.9 Å². The molecule has 0 saturated heterocycles. The molecule has 0 radical (unpaired) electrons. The summed E-state index contributed by atoms with van der Waals surface area (Å²) in [5, 5.41) is 7.38. The first-order valence-electron chi connectivity index (χ1n) is 5.23. The Kier molecular flexibility index (Phi) is 3.18. The summed E-state index contributed by atoms with van der Waals surface area (Å²) < 4.78 is 12.7. The predicted octanol–water partition coefficient (Wildman–Crippen LogP) is 1.67. The molecule has 3 N–H and O–H groups in total. The van der Waals surface area contributed by atoms with Gasteiger partial charge in [-0.3, -0.25) is 5.41 Å². The fourth-order valence-electron chi connectivity index (χ4n) is 1.48. The van der Waals surface area contributed by atoms with E-state index in [0.717, 1.165) is 18.1 Å². The Morgan fingerprint density at radius 1 is 1.33 bits per heavy atom. The lowest BCUT2D eigenvalue weighted by Gasteiger charge is -2.17. The van der Waals surface area contributed by atoms with E-state index >= 15 is 0 Å². The highest BCUT2D eigenvalue weighted by Gasteiger charge is 2.08. The van der Waals surface area contributed by atoms with Crippen LogP contribution in [0.2, 0.25) is 0 Å². The zero-order chi connectivity index (χ0) is 13.1. The normalized spacial score (nSPS) is 10.1. The van der Waals surface area contributed by atoms with E-state index in [1.54, 1.807) is 30.1 Å². The van der Waals surface area contributed by atoms with Crippen LogP contribution in [0.1, 0.15) is 5.56 Å². The highest BCUT2D eigenvalue weighted by Crippen LogP contribution is 2.20. The van der Waals surface area contributed by atoms with Crippen LogP contribution < -0.4 is 10.6 Å². The molecule has 0 atom stereocenters. The summed E-state index contributed by atoms with van der Waals surface area (Å²) in [4.78, 5) is 9.45. The number of amidine groups is 1. The molecule has 2 rings (SSSR count). The lowest BCUT2D eigenvalue weighted by atomic mass is 10.2. The maximum absolute atomic E-state index is 12.7. The molecule has 6 heteroatoms. The van der Waals surface area contributed by atoms with Crippen molar-refractivity contribution in [2.45, 2.75) is 0 Å². The Bertz CT molecular complexity index is 567. The lowest BCUT2D eigenvalue weighted by Crippen LogP contribution is -2.15. The van der Waals surface area contributed by atoms with Crippen molar-refractivity contribution in [1.82, 2.24) is 9.97 Å². The highest BCUT2D eigenvalue weighted by atomic mass is 19.1. The largest absolute Gasteiger partial charge is 0.384 e. The van der Waals surface area contributed by atoms with E-state index < -0.39 is 5.82 Å². The van der Waals surface area contributed by atoms with Gasteiger partial charge in [-0.1, -0.05) is 12.1 Å². The van der Waals surface area contributed by atoms with Crippen LogP contribution >= 0.6 is 0 Å². The summed E-state index contributed by atoms with van der Waals surface area (Å²) in [6.45, 7) is 0. The van der Waals surface area contributed by atoms with E-state index in [9.17, 15) is 4.39 Å². The number of rotatable bonds is 3. The monoisotopic (exact) mass is 245 g/mol. The quantitative estimate of drug-likeness (QED) is 0.636. The first-order chi connectivity index (χ1) is 8.58. The van der Waals surface area contributed by atoms with Gasteiger partial charge in [-0.25, -0.2) is 14.4 Å². The van der Waals surface area contributed by atoms with Crippen molar-refractivity contribution in [2.75, 3.05) is 11.9 Å². The van der Waals surface area contributed by atoms with Gasteiger partial charge >= 0.3 is 0 Å². The minimum atomic E-state index is -0.482. The first kappa shape index (κ1) is 12.0. The van der Waals surface area contributed by atoms with Crippen LogP contribution in [0, 0.1) is 11.2 Å². The van der Waals surface area contributed by atoms with Gasteiger partial charge in [-0.2, -0.15) is 0 Å². The number of nitrogens with two attached hydrogens (primary N) is 1. The fraction of sp³-hybridized carbons (Fsp3) is 0.0833. The molecular weight excluding hydrogens is 233 g/mol. The summed E-state index contributed by atoms with van der Waals surface area (Å²) in [6.07, 6.45) is 2.21. The topological polar surface area (TPSA) is 78.9 Å². The van der Waals surface area contributed by atoms with Crippen molar-refractivity contribution in [3.8, 4) is 0 Å². The summed E-state index contributed by atoms with van der Waals surface area (Å²) in [7, 11) is 1.76. The fourth-order valence-corrected chi connectivity index (χ4v) is 1.48. The minimum Gasteiger partial charge on any atom is -0.384 e. The summed E-state index contributed by atoms with van der Waals surface area (Å²) in [6, 6.07) is 7.10. The Labute approximate surface area is 104 Å². The van der Waals surface area contributed by atoms with Crippen molar-refractivity contribution < 1.29 is 4.39 Å². The van der Waals surface area contributed by atoms with E-state index in [-0.39, 0.29) is 5.84 Å². The van der Waals surface area contributed by atoms with Crippen LogP contribution in [0.5, 0.6) is 0 Å². The van der Waals surface area contributed by atoms with Gasteiger partial charge in [0, 0.05) is 18.3 Å². The smallest absolute Gasteiger partial charge is 0.229 e. The van der Waals surface area contributed by atoms with Gasteiger partial charge in [0.25, 0.3) is 0 Å². The number of hydrogen-bond donors (Lipinski definition) is 2. The zero-order valence-corrected chi connectivity index (χ0v) is 9.76. The molecule has 92 valence electrons. The Balaban J connectivity index is 2.33. The van der Waals surface area contributed by atoms with Crippen molar-refractivity contribution in [1.29, 1.82) is 5.41 Å². The van der Waals surface area contributed by atoms with Gasteiger partial charge in [0.15, 0.2) is 5.82 Å². The van der Waals surface area contributed by atoms with Gasteiger partial charge < -0.3 is 10.6 Å². The average molecular weight is 245 g/mol. The summed E-state index contributed by atoms with van der Waals surface area (Å²) in [5.41, 5.74) is 6.81. The third-order valence-corrected chi connectivity index (χ3v) is 2.45. The first-order valence-corrected chi connectivity index (χ1v) is 5.23. The Hall–Kier alpha value is -2.50. The number of nitrogens with zero attached hydrogens (tertiary/aromatic N) is 3. The molecule has 0 aliphatic rings. The minimum absolute atomic E-state index is 0.00901. The molecule has 18 heavy (non-hydrogen) atoms. The van der Waals surface area contributed by atoms with E-state index in [1.165, 1.54) is 0 Å². The third kappa shape index (κ3) is 2.42. The van der Waals surface area contributed by atoms with Gasteiger partial charge in [0.2, 0.25) is 5.95 Å². The molecule has 1 aromatic heterocycles. The van der Waals surface area contributed by atoms with Crippen LogP contribution in [0.4, 0.5) is 16.0 Å². The Morgan fingerprint density at radius 2 is 2.00 bits per heavy atom. The highest BCUT2D eigenvalue weighted by molar-refractivity contribution is 5.95. The van der Waals surface area contributed by atoms with Gasteiger partial charge in [-0.05, 0) is 12.1 Å². The van der Waals surface area contributed by atoms with Gasteiger partial charge in [-0.15, -0.1) is 0 Å². The molecule has 1 heterocycles. The van der Waals surface area contributed by atoms with E-state index in [1.807, 2.05) is 6.07 Å². The molecule has 0 fully saturated rings. The molecule has 0 bridgehead atoms. The van der Waals surface area contributed by atoms with Crippen LogP contribution in [0.15, 0.2) is 36.7 Å². The van der Waals surface area contributed by atoms with Crippen molar-refractivity contribution in [2.24, 2.45) is 5.73 Å². The average Bonchev–Trinajstić information content (AvgIpc) is 2.39. The third-order valence-electron chi connectivity index (χ3n) is 2.45. The second-order valence-corrected chi connectivity index (χ2v) is 3.72. The predicted molar refractivity (Wildman–Crippen MR) is 67.5 cm³/mol. The SMILES string of the molecule is CN(c1cccc(C(=N)N)c1)c1ncc(F)cn1. The molecule has 0 spiro atoms. The number of hydrogen-bond acceptors (Lipinski definition) is 4. The molecule has 0 saturated carbocycles. The molecule has 5 nitrogen and oxygen atoms in total. The number of halogens is 1. The van der Waals surface area contributed by atoms with E-state index in [0.29, 0.717) is 11.5 Å². The zero-order valence-electron chi connectivity index (χ0n) is 9.76. The second-order valence-electron chi connectivity index (χ2n) is 3.72. The molecule has 0 aliphatic carbocycles. The molecular formula is C12H12FN5. The molecule has 1 aromatic carbocycles. The van der Waals surface area contributed by atoms with Crippen LogP contribution in [0.25, 0.3) is 0 Å². The van der Waals surface area contributed by atoms with Crippen LogP contribution in [-0.2, 0) is 0 Å². The van der Waals surface area contributed by atoms with Crippen molar-refractivity contribution >= 4 is 17.5 Å². The number of anilines is 2. The Morgan fingerprint density at radius 3 is 2.61 bits per heavy atom. The molecule has 0 amide bonds. The number of aromatic nitrogens is 2. The second kappa shape index (κ2) is 4.79.